The van der Waals surface area contributed by atoms with Gasteiger partial charge in [0.25, 0.3) is 0 Å². The third-order valence-corrected chi connectivity index (χ3v) is 5.91. The molecule has 0 bridgehead atoms. The van der Waals surface area contributed by atoms with Crippen LogP contribution in [0.15, 0.2) is 24.3 Å². The van der Waals surface area contributed by atoms with Crippen molar-refractivity contribution in [3.8, 4) is 0 Å². The topological polar surface area (TPSA) is 58.2 Å². The Hall–Kier alpha value is -1.84. The van der Waals surface area contributed by atoms with Crippen LogP contribution in [0.3, 0.4) is 0 Å². The molecule has 0 unspecified atom stereocenters. The molecule has 4 heteroatoms. The van der Waals surface area contributed by atoms with Gasteiger partial charge >= 0.3 is 11.8 Å². The number of anilines is 1. The number of nitrogens with one attached hydrogen (secondary N) is 2. The Labute approximate surface area is 151 Å². The van der Waals surface area contributed by atoms with Gasteiger partial charge in [-0.15, -0.1) is 0 Å². The second kappa shape index (κ2) is 8.50. The van der Waals surface area contributed by atoms with Crippen LogP contribution in [0.4, 0.5) is 5.69 Å². The monoisotopic (exact) mass is 344 g/mol. The molecule has 0 aromatic heterocycles. The molecule has 1 aliphatic carbocycles. The Morgan fingerprint density at radius 2 is 1.60 bits per heavy atom. The van der Waals surface area contributed by atoms with E-state index in [1.165, 1.54) is 12.0 Å². The Bertz CT molecular complexity index is 584. The fourth-order valence-corrected chi connectivity index (χ4v) is 3.57. The van der Waals surface area contributed by atoms with Crippen LogP contribution in [0.25, 0.3) is 0 Å². The van der Waals surface area contributed by atoms with Gasteiger partial charge in [0, 0.05) is 11.7 Å². The van der Waals surface area contributed by atoms with Gasteiger partial charge in [-0.1, -0.05) is 46.2 Å². The summed E-state index contributed by atoms with van der Waals surface area (Å²) in [5.41, 5.74) is 2.22. The third kappa shape index (κ3) is 5.32. The van der Waals surface area contributed by atoms with Gasteiger partial charge in [0.15, 0.2) is 0 Å². The quantitative estimate of drug-likeness (QED) is 0.783. The number of hydrogen-bond donors (Lipinski definition) is 2. The molecule has 0 heterocycles. The van der Waals surface area contributed by atoms with Crippen molar-refractivity contribution in [2.45, 2.75) is 72.3 Å². The molecule has 2 rings (SSSR count). The van der Waals surface area contributed by atoms with Gasteiger partial charge in [-0.2, -0.15) is 0 Å². The first-order chi connectivity index (χ1) is 11.9. The molecule has 1 fully saturated rings. The number of hydrogen-bond acceptors (Lipinski definition) is 2. The van der Waals surface area contributed by atoms with E-state index in [4.69, 9.17) is 0 Å². The van der Waals surface area contributed by atoms with Crippen molar-refractivity contribution in [1.29, 1.82) is 0 Å². The minimum Gasteiger partial charge on any atom is -0.345 e. The number of amides is 2. The summed E-state index contributed by atoms with van der Waals surface area (Å²) in [7, 11) is 0. The van der Waals surface area contributed by atoms with Crippen molar-refractivity contribution < 1.29 is 9.59 Å². The van der Waals surface area contributed by atoms with Gasteiger partial charge in [0.1, 0.15) is 0 Å². The van der Waals surface area contributed by atoms with Crippen LogP contribution < -0.4 is 10.6 Å². The van der Waals surface area contributed by atoms with Crippen molar-refractivity contribution in [3.05, 3.63) is 29.8 Å². The van der Waals surface area contributed by atoms with E-state index in [-0.39, 0.29) is 6.04 Å². The van der Waals surface area contributed by atoms with E-state index in [1.54, 1.807) is 0 Å². The van der Waals surface area contributed by atoms with E-state index < -0.39 is 11.8 Å². The van der Waals surface area contributed by atoms with Gasteiger partial charge in [-0.05, 0) is 61.1 Å². The van der Waals surface area contributed by atoms with Crippen LogP contribution in [-0.4, -0.2) is 17.9 Å². The lowest BCUT2D eigenvalue weighted by Crippen LogP contribution is -2.44. The molecule has 4 nitrogen and oxygen atoms in total. The smallest absolute Gasteiger partial charge is 0.313 e. The summed E-state index contributed by atoms with van der Waals surface area (Å²) >= 11 is 0. The fourth-order valence-electron chi connectivity index (χ4n) is 3.57. The Kier molecular flexibility index (Phi) is 6.63. The molecule has 0 spiro atoms. The minimum absolute atomic E-state index is 0.115. The molecule has 0 atom stereocenters. The summed E-state index contributed by atoms with van der Waals surface area (Å²) in [4.78, 5) is 24.2. The molecule has 2 amide bonds. The molecule has 0 aliphatic heterocycles. The van der Waals surface area contributed by atoms with Gasteiger partial charge in [0.05, 0.1) is 0 Å². The van der Waals surface area contributed by atoms with Crippen LogP contribution in [0.2, 0.25) is 0 Å². The van der Waals surface area contributed by atoms with Crippen LogP contribution >= 0.6 is 0 Å². The van der Waals surface area contributed by atoms with Crippen LogP contribution in [0.1, 0.15) is 65.4 Å². The average molecular weight is 344 g/mol. The zero-order valence-electron chi connectivity index (χ0n) is 16.0. The highest BCUT2D eigenvalue weighted by atomic mass is 16.2. The summed E-state index contributed by atoms with van der Waals surface area (Å²) in [6.07, 6.45) is 6.27. The van der Waals surface area contributed by atoms with Crippen molar-refractivity contribution in [2.75, 3.05) is 5.32 Å². The molecule has 0 saturated heterocycles. The highest BCUT2D eigenvalue weighted by Crippen LogP contribution is 2.40. The molecule has 0 radical (unpaired) electrons. The molecule has 138 valence electrons. The van der Waals surface area contributed by atoms with E-state index in [0.717, 1.165) is 32.1 Å². The van der Waals surface area contributed by atoms with Crippen molar-refractivity contribution in [1.82, 2.24) is 5.32 Å². The highest BCUT2D eigenvalue weighted by molar-refractivity contribution is 6.39. The molecule has 25 heavy (non-hydrogen) atoms. The molecular formula is C21H32N2O2. The van der Waals surface area contributed by atoms with E-state index in [1.807, 2.05) is 24.3 Å². The summed E-state index contributed by atoms with van der Waals surface area (Å²) < 4.78 is 0. The Balaban J connectivity index is 1.80. The van der Waals surface area contributed by atoms with Crippen molar-refractivity contribution in [2.24, 2.45) is 11.3 Å². The predicted octanol–water partition coefficient (Wildman–Crippen LogP) is 4.30. The van der Waals surface area contributed by atoms with E-state index in [2.05, 4.69) is 38.3 Å². The molecular weight excluding hydrogens is 312 g/mol. The first-order valence-electron chi connectivity index (χ1n) is 9.56. The molecule has 1 aromatic rings. The predicted molar refractivity (Wildman–Crippen MR) is 102 cm³/mol. The van der Waals surface area contributed by atoms with Crippen LogP contribution in [-0.2, 0) is 16.0 Å². The Morgan fingerprint density at radius 3 is 2.12 bits per heavy atom. The standard InChI is InChI=1S/C21H32N2O2/c1-5-15-7-11-17(12-8-15)22-19(24)20(25)23-18-13-9-16(10-14-18)21(3,4)6-2/h7-8,11-12,16,18H,5-6,9-10,13-14H2,1-4H3,(H,22,24)(H,23,25). The summed E-state index contributed by atoms with van der Waals surface area (Å²) in [5, 5.41) is 5.57. The first kappa shape index (κ1) is 19.5. The maximum atomic E-state index is 12.2. The number of benzene rings is 1. The fraction of sp³-hybridized carbons (Fsp3) is 0.619. The lowest BCUT2D eigenvalue weighted by Gasteiger charge is -2.39. The van der Waals surface area contributed by atoms with E-state index in [0.29, 0.717) is 17.0 Å². The number of rotatable bonds is 5. The lowest BCUT2D eigenvalue weighted by atomic mass is 9.69. The largest absolute Gasteiger partial charge is 0.345 e. The van der Waals surface area contributed by atoms with Gasteiger partial charge < -0.3 is 10.6 Å². The lowest BCUT2D eigenvalue weighted by molar-refractivity contribution is -0.136. The summed E-state index contributed by atoms with van der Waals surface area (Å²) in [6.45, 7) is 8.98. The third-order valence-electron chi connectivity index (χ3n) is 5.91. The molecule has 2 N–H and O–H groups in total. The van der Waals surface area contributed by atoms with Gasteiger partial charge in [0.2, 0.25) is 0 Å². The van der Waals surface area contributed by atoms with Crippen molar-refractivity contribution in [3.63, 3.8) is 0 Å². The zero-order valence-corrected chi connectivity index (χ0v) is 16.0. The van der Waals surface area contributed by atoms with E-state index >= 15 is 0 Å². The van der Waals surface area contributed by atoms with Crippen LogP contribution in [0.5, 0.6) is 0 Å². The summed E-state index contributed by atoms with van der Waals surface area (Å²) in [6, 6.07) is 7.71. The van der Waals surface area contributed by atoms with Crippen molar-refractivity contribution >= 4 is 17.5 Å². The zero-order chi connectivity index (χ0) is 18.4. The van der Waals surface area contributed by atoms with E-state index in [9.17, 15) is 9.59 Å². The van der Waals surface area contributed by atoms with Crippen LogP contribution in [0, 0.1) is 11.3 Å². The second-order valence-corrected chi connectivity index (χ2v) is 7.87. The number of carbonyl (C=O) groups is 2. The SMILES string of the molecule is CCc1ccc(NC(=O)C(=O)NC2CCC(C(C)(C)CC)CC2)cc1. The molecule has 1 aromatic carbocycles. The number of carbonyl (C=O) groups excluding carboxylic acids is 2. The molecule has 1 saturated carbocycles. The number of aryl methyl sites for hydroxylation is 1. The normalized spacial score (nSPS) is 20.8. The highest BCUT2D eigenvalue weighted by Gasteiger charge is 2.32. The maximum Gasteiger partial charge on any atom is 0.313 e. The Morgan fingerprint density at radius 1 is 1.00 bits per heavy atom. The summed E-state index contributed by atoms with van der Waals surface area (Å²) in [5.74, 6) is -0.408. The van der Waals surface area contributed by atoms with Gasteiger partial charge in [-0.3, -0.25) is 9.59 Å². The first-order valence-corrected chi connectivity index (χ1v) is 9.56. The second-order valence-electron chi connectivity index (χ2n) is 7.87. The molecule has 1 aliphatic rings. The minimum atomic E-state index is -0.583. The van der Waals surface area contributed by atoms with Gasteiger partial charge in [-0.25, -0.2) is 0 Å². The average Bonchev–Trinajstić information content (AvgIpc) is 2.62. The maximum absolute atomic E-state index is 12.2.